The van der Waals surface area contributed by atoms with Crippen LogP contribution in [-0.4, -0.2) is 57.2 Å². The van der Waals surface area contributed by atoms with Crippen LogP contribution in [0, 0.1) is 0 Å². The second kappa shape index (κ2) is 6.85. The molecule has 6 nitrogen and oxygen atoms in total. The van der Waals surface area contributed by atoms with Crippen LogP contribution in [0.15, 0.2) is 18.2 Å². The van der Waals surface area contributed by atoms with Crippen LogP contribution in [0.25, 0.3) is 0 Å². The summed E-state index contributed by atoms with van der Waals surface area (Å²) in [5.74, 6) is -0.0471. The first-order valence-corrected chi connectivity index (χ1v) is 11.4. The van der Waals surface area contributed by atoms with Crippen LogP contribution in [0.1, 0.15) is 48.0 Å². The van der Waals surface area contributed by atoms with Gasteiger partial charge in [0.2, 0.25) is 10.0 Å². The number of likely N-dealkylation sites (tertiary alicyclic amines) is 1. The molecule has 1 aromatic rings. The average Bonchev–Trinajstić information content (AvgIpc) is 3.45. The Bertz CT molecular complexity index is 796. The van der Waals surface area contributed by atoms with E-state index in [4.69, 9.17) is 0 Å². The van der Waals surface area contributed by atoms with E-state index in [1.165, 1.54) is 23.4 Å². The van der Waals surface area contributed by atoms with Crippen molar-refractivity contribution in [3.05, 3.63) is 29.3 Å². The zero-order chi connectivity index (χ0) is 18.3. The summed E-state index contributed by atoms with van der Waals surface area (Å²) in [6, 6.07) is 6.42. The Morgan fingerprint density at radius 3 is 2.50 bits per heavy atom. The van der Waals surface area contributed by atoms with E-state index < -0.39 is 10.0 Å². The Labute approximate surface area is 155 Å². The summed E-state index contributed by atoms with van der Waals surface area (Å²) in [5, 5.41) is 3.17. The summed E-state index contributed by atoms with van der Waals surface area (Å²) >= 11 is 0. The first-order chi connectivity index (χ1) is 12.4. The standard InChI is InChI=1S/C19H27N3O3S/c1-26(24,25)22-10-2-3-14-13-15(4-7-18(14)22)19(23)20-16-8-11-21(12-9-16)17-5-6-17/h4,7,13,16-17H,2-3,5-6,8-12H2,1H3,(H,20,23). The highest BCUT2D eigenvalue weighted by molar-refractivity contribution is 7.92. The Morgan fingerprint density at radius 2 is 1.85 bits per heavy atom. The molecular weight excluding hydrogens is 350 g/mol. The predicted molar refractivity (Wildman–Crippen MR) is 102 cm³/mol. The molecule has 1 aliphatic carbocycles. The zero-order valence-corrected chi connectivity index (χ0v) is 16.1. The third-order valence-electron chi connectivity index (χ3n) is 5.75. The van der Waals surface area contributed by atoms with Gasteiger partial charge in [0.1, 0.15) is 0 Å². The van der Waals surface area contributed by atoms with Crippen LogP contribution in [-0.2, 0) is 16.4 Å². The predicted octanol–water partition coefficient (Wildman–Crippen LogP) is 1.76. The van der Waals surface area contributed by atoms with Crippen molar-refractivity contribution in [3.8, 4) is 0 Å². The van der Waals surface area contributed by atoms with Crippen molar-refractivity contribution < 1.29 is 13.2 Å². The molecule has 2 heterocycles. The summed E-state index contributed by atoms with van der Waals surface area (Å²) in [4.78, 5) is 15.2. The number of fused-ring (bicyclic) bond motifs is 1. The minimum atomic E-state index is -3.27. The van der Waals surface area contributed by atoms with Crippen molar-refractivity contribution in [1.82, 2.24) is 10.2 Å². The maximum absolute atomic E-state index is 12.6. The molecule has 142 valence electrons. The van der Waals surface area contributed by atoms with E-state index in [0.717, 1.165) is 50.4 Å². The Balaban J connectivity index is 1.42. The number of nitrogens with zero attached hydrogens (tertiary/aromatic N) is 2. The lowest BCUT2D eigenvalue weighted by atomic mass is 9.99. The smallest absolute Gasteiger partial charge is 0.251 e. The monoisotopic (exact) mass is 377 g/mol. The van der Waals surface area contributed by atoms with Crippen molar-refractivity contribution in [2.75, 3.05) is 30.2 Å². The molecule has 1 aromatic carbocycles. The van der Waals surface area contributed by atoms with Gasteiger partial charge in [0.25, 0.3) is 5.91 Å². The quantitative estimate of drug-likeness (QED) is 0.868. The van der Waals surface area contributed by atoms with Gasteiger partial charge in [-0.3, -0.25) is 9.10 Å². The van der Waals surface area contributed by atoms with Gasteiger partial charge in [-0.1, -0.05) is 0 Å². The Kier molecular flexibility index (Phi) is 4.69. The summed E-state index contributed by atoms with van der Waals surface area (Å²) in [7, 11) is -3.27. The molecule has 7 heteroatoms. The molecule has 0 radical (unpaired) electrons. The molecule has 0 unspecified atom stereocenters. The van der Waals surface area contributed by atoms with Crippen LogP contribution in [0.5, 0.6) is 0 Å². The lowest BCUT2D eigenvalue weighted by Crippen LogP contribution is -2.45. The SMILES string of the molecule is CS(=O)(=O)N1CCCc2cc(C(=O)NC3CCN(C4CC4)CC3)ccc21. The fourth-order valence-electron chi connectivity index (χ4n) is 4.17. The number of carbonyl (C=O) groups is 1. The molecule has 4 rings (SSSR count). The van der Waals surface area contributed by atoms with Crippen LogP contribution in [0.4, 0.5) is 5.69 Å². The van der Waals surface area contributed by atoms with Crippen molar-refractivity contribution in [3.63, 3.8) is 0 Å². The van der Waals surface area contributed by atoms with E-state index in [2.05, 4.69) is 10.2 Å². The lowest BCUT2D eigenvalue weighted by molar-refractivity contribution is 0.0909. The summed E-state index contributed by atoms with van der Waals surface area (Å²) in [6.07, 6.45) is 7.50. The van der Waals surface area contributed by atoms with Gasteiger partial charge < -0.3 is 10.2 Å². The number of sulfonamides is 1. The Morgan fingerprint density at radius 1 is 1.12 bits per heavy atom. The van der Waals surface area contributed by atoms with Gasteiger partial charge in [0.05, 0.1) is 11.9 Å². The van der Waals surface area contributed by atoms with Crippen molar-refractivity contribution in [1.29, 1.82) is 0 Å². The van der Waals surface area contributed by atoms with Crippen molar-refractivity contribution in [2.45, 2.75) is 50.6 Å². The van der Waals surface area contributed by atoms with Gasteiger partial charge in [-0.15, -0.1) is 0 Å². The molecule has 1 saturated heterocycles. The van der Waals surface area contributed by atoms with E-state index >= 15 is 0 Å². The molecule has 2 aliphatic heterocycles. The van der Waals surface area contributed by atoms with Crippen LogP contribution < -0.4 is 9.62 Å². The van der Waals surface area contributed by atoms with E-state index in [-0.39, 0.29) is 11.9 Å². The van der Waals surface area contributed by atoms with Gasteiger partial charge >= 0.3 is 0 Å². The normalized spacial score (nSPS) is 22.1. The second-order valence-corrected chi connectivity index (χ2v) is 9.70. The molecular formula is C19H27N3O3S. The molecule has 2 fully saturated rings. The topological polar surface area (TPSA) is 69.7 Å². The van der Waals surface area contributed by atoms with E-state index in [1.807, 2.05) is 6.07 Å². The molecule has 0 spiro atoms. The molecule has 0 aromatic heterocycles. The fourth-order valence-corrected chi connectivity index (χ4v) is 5.16. The fraction of sp³-hybridized carbons (Fsp3) is 0.632. The molecule has 0 atom stereocenters. The third kappa shape index (κ3) is 3.74. The van der Waals surface area contributed by atoms with E-state index in [9.17, 15) is 13.2 Å². The van der Waals surface area contributed by atoms with Crippen molar-refractivity contribution in [2.24, 2.45) is 0 Å². The molecule has 1 saturated carbocycles. The molecule has 1 N–H and O–H groups in total. The number of rotatable bonds is 4. The number of piperidine rings is 1. The number of anilines is 1. The highest BCUT2D eigenvalue weighted by Gasteiger charge is 2.32. The summed E-state index contributed by atoms with van der Waals surface area (Å²) in [5.41, 5.74) is 2.29. The molecule has 1 amide bonds. The van der Waals surface area contributed by atoms with Crippen LogP contribution >= 0.6 is 0 Å². The number of aryl methyl sites for hydroxylation is 1. The maximum atomic E-state index is 12.6. The number of hydrogen-bond acceptors (Lipinski definition) is 4. The van der Waals surface area contributed by atoms with Gasteiger partial charge in [-0.25, -0.2) is 8.42 Å². The van der Waals surface area contributed by atoms with E-state index in [0.29, 0.717) is 17.8 Å². The number of benzene rings is 1. The highest BCUT2D eigenvalue weighted by Crippen LogP contribution is 2.31. The number of nitrogens with one attached hydrogen (secondary N) is 1. The number of hydrogen-bond donors (Lipinski definition) is 1. The number of amides is 1. The second-order valence-electron chi connectivity index (χ2n) is 7.80. The van der Waals surface area contributed by atoms with Gasteiger partial charge in [0.15, 0.2) is 0 Å². The lowest BCUT2D eigenvalue weighted by Gasteiger charge is -2.32. The summed E-state index contributed by atoms with van der Waals surface area (Å²) in [6.45, 7) is 2.66. The van der Waals surface area contributed by atoms with Crippen molar-refractivity contribution >= 4 is 21.6 Å². The minimum Gasteiger partial charge on any atom is -0.349 e. The van der Waals surface area contributed by atoms with Gasteiger partial charge in [-0.05, 0) is 62.3 Å². The first-order valence-electron chi connectivity index (χ1n) is 9.57. The first kappa shape index (κ1) is 17.8. The maximum Gasteiger partial charge on any atom is 0.251 e. The minimum absolute atomic E-state index is 0.0471. The van der Waals surface area contributed by atoms with Crippen LogP contribution in [0.2, 0.25) is 0 Å². The molecule has 26 heavy (non-hydrogen) atoms. The summed E-state index contributed by atoms with van der Waals surface area (Å²) < 4.78 is 25.3. The number of carbonyl (C=O) groups excluding carboxylic acids is 1. The zero-order valence-electron chi connectivity index (χ0n) is 15.3. The Hall–Kier alpha value is -1.60. The van der Waals surface area contributed by atoms with Gasteiger partial charge in [-0.2, -0.15) is 0 Å². The molecule has 3 aliphatic rings. The third-order valence-corrected chi connectivity index (χ3v) is 6.93. The average molecular weight is 378 g/mol. The highest BCUT2D eigenvalue weighted by atomic mass is 32.2. The van der Waals surface area contributed by atoms with E-state index in [1.54, 1.807) is 12.1 Å². The van der Waals surface area contributed by atoms with Gasteiger partial charge in [0, 0.05) is 37.3 Å². The largest absolute Gasteiger partial charge is 0.349 e. The molecule has 0 bridgehead atoms. The van der Waals surface area contributed by atoms with Crippen LogP contribution in [0.3, 0.4) is 0 Å².